The molecule has 0 saturated heterocycles. The molecule has 1 aromatic carbocycles. The molecule has 0 spiro atoms. The van der Waals surface area contributed by atoms with Crippen LogP contribution >= 0.6 is 0 Å². The first kappa shape index (κ1) is 14.8. The summed E-state index contributed by atoms with van der Waals surface area (Å²) in [6.45, 7) is 4.18. The Balaban J connectivity index is 2.38. The average molecular weight is 299 g/mol. The van der Waals surface area contributed by atoms with Crippen molar-refractivity contribution in [3.8, 4) is 0 Å². The van der Waals surface area contributed by atoms with Gasteiger partial charge in [-0.2, -0.15) is 0 Å². The van der Waals surface area contributed by atoms with Gasteiger partial charge in [0.1, 0.15) is 0 Å². The molecule has 0 amide bonds. The Hall–Kier alpha value is -0.301. The van der Waals surface area contributed by atoms with Crippen LogP contribution in [0.3, 0.4) is 0 Å². The van der Waals surface area contributed by atoms with Gasteiger partial charge in [0.05, 0.1) is 0 Å². The number of aliphatic hydroxyl groups is 1. The van der Waals surface area contributed by atoms with Crippen LogP contribution in [0.2, 0.25) is 4.82 Å². The first-order valence-corrected chi connectivity index (χ1v) is 8.48. The Morgan fingerprint density at radius 3 is 2.41 bits per heavy atom. The third-order valence-corrected chi connectivity index (χ3v) is 6.01. The number of hydrogen-bond donors (Lipinski definition) is 1. The van der Waals surface area contributed by atoms with Gasteiger partial charge < -0.3 is 0 Å². The minimum absolute atomic E-state index is 0.170. The second-order valence-electron chi connectivity index (χ2n) is 4.56. The molecule has 0 aliphatic rings. The van der Waals surface area contributed by atoms with Crippen molar-refractivity contribution in [2.45, 2.75) is 56.9 Å². The fourth-order valence-electron chi connectivity index (χ4n) is 1.84. The summed E-state index contributed by atoms with van der Waals surface area (Å²) >= 11 is 0.404. The number of rotatable bonds is 8. The molecule has 0 bridgehead atoms. The van der Waals surface area contributed by atoms with Gasteiger partial charge in [0.2, 0.25) is 0 Å². The van der Waals surface area contributed by atoms with E-state index in [9.17, 15) is 5.11 Å². The van der Waals surface area contributed by atoms with Crippen LogP contribution in [0, 0.1) is 0 Å². The number of unbranched alkanes of at least 4 members (excludes halogenated alkanes) is 3. The maximum atomic E-state index is 9.85. The quantitative estimate of drug-likeness (QED) is 0.577. The third-order valence-electron chi connectivity index (χ3n) is 2.91. The van der Waals surface area contributed by atoms with E-state index >= 15 is 0 Å². The van der Waals surface area contributed by atoms with E-state index in [0.29, 0.717) is 19.8 Å². The van der Waals surface area contributed by atoms with Crippen molar-refractivity contribution >= 4 is 19.4 Å². The molecule has 0 aliphatic carbocycles. The van der Waals surface area contributed by atoms with Crippen molar-refractivity contribution in [1.29, 1.82) is 0 Å². The van der Waals surface area contributed by atoms with Gasteiger partial charge in [-0.1, -0.05) is 0 Å². The van der Waals surface area contributed by atoms with Gasteiger partial charge in [0, 0.05) is 0 Å². The van der Waals surface area contributed by atoms with E-state index in [0.717, 1.165) is 0 Å². The van der Waals surface area contributed by atoms with Crippen LogP contribution in [0.15, 0.2) is 30.3 Å². The fraction of sp³-hybridized carbons (Fsp3) is 0.600. The molecule has 0 aromatic heterocycles. The normalized spacial score (nSPS) is 14.5. The van der Waals surface area contributed by atoms with E-state index in [1.165, 1.54) is 36.6 Å². The molecule has 0 saturated carbocycles. The summed E-state index contributed by atoms with van der Waals surface area (Å²) < 4.78 is 1.40. The van der Waals surface area contributed by atoms with Crippen molar-refractivity contribution in [2.24, 2.45) is 0 Å². The summed E-state index contributed by atoms with van der Waals surface area (Å²) in [6.07, 6.45) is 6.18. The molecule has 0 fully saturated rings. The molecule has 1 nitrogen and oxygen atoms in total. The molecule has 1 aromatic rings. The SMILES string of the molecule is CCCCCC[C@H]([Se]c1ccccc1)[C@H](C)O. The van der Waals surface area contributed by atoms with E-state index in [-0.39, 0.29) is 6.10 Å². The van der Waals surface area contributed by atoms with Crippen molar-refractivity contribution < 1.29 is 5.11 Å². The summed E-state index contributed by atoms with van der Waals surface area (Å²) in [7, 11) is 0. The Morgan fingerprint density at radius 2 is 1.82 bits per heavy atom. The topological polar surface area (TPSA) is 20.2 Å². The van der Waals surface area contributed by atoms with Crippen molar-refractivity contribution in [1.82, 2.24) is 0 Å². The number of aliphatic hydroxyl groups excluding tert-OH is 1. The van der Waals surface area contributed by atoms with Gasteiger partial charge in [0.25, 0.3) is 0 Å². The van der Waals surface area contributed by atoms with Crippen molar-refractivity contribution in [3.63, 3.8) is 0 Å². The Bertz CT molecular complexity index is 284. The van der Waals surface area contributed by atoms with Gasteiger partial charge in [-0.3, -0.25) is 0 Å². The third kappa shape index (κ3) is 6.26. The molecule has 0 unspecified atom stereocenters. The van der Waals surface area contributed by atoms with Crippen molar-refractivity contribution in [3.05, 3.63) is 30.3 Å². The Morgan fingerprint density at radius 1 is 1.12 bits per heavy atom. The van der Waals surface area contributed by atoms with Gasteiger partial charge in [-0.25, -0.2) is 0 Å². The van der Waals surface area contributed by atoms with E-state index in [1.807, 2.05) is 6.92 Å². The molecular formula is C15H24OSe. The van der Waals surface area contributed by atoms with E-state index in [2.05, 4.69) is 37.3 Å². The van der Waals surface area contributed by atoms with E-state index in [1.54, 1.807) is 0 Å². The first-order valence-electron chi connectivity index (χ1n) is 6.63. The Kier molecular flexibility index (Phi) is 7.59. The predicted molar refractivity (Wildman–Crippen MR) is 76.0 cm³/mol. The molecule has 96 valence electrons. The van der Waals surface area contributed by atoms with Gasteiger partial charge in [0.15, 0.2) is 0 Å². The standard InChI is InChI=1S/C15H24OSe/c1-3-4-5-9-12-15(13(2)16)17-14-10-7-6-8-11-14/h6-8,10-11,13,15-16H,3-5,9,12H2,1-2H3/t13-,15-/m0/s1. The van der Waals surface area contributed by atoms with E-state index < -0.39 is 0 Å². The summed E-state index contributed by atoms with van der Waals surface area (Å²) in [4.78, 5) is 0.474. The zero-order valence-corrected chi connectivity index (χ0v) is 12.6. The van der Waals surface area contributed by atoms with Gasteiger partial charge >= 0.3 is 112 Å². The fourth-order valence-corrected chi connectivity index (χ4v) is 4.25. The molecule has 0 aliphatic heterocycles. The molecule has 17 heavy (non-hydrogen) atoms. The maximum absolute atomic E-state index is 9.85. The predicted octanol–water partition coefficient (Wildman–Crippen LogP) is 3.16. The van der Waals surface area contributed by atoms with Crippen LogP contribution in [0.25, 0.3) is 0 Å². The molecule has 0 radical (unpaired) electrons. The van der Waals surface area contributed by atoms with Crippen LogP contribution in [-0.4, -0.2) is 26.2 Å². The molecule has 1 N–H and O–H groups in total. The van der Waals surface area contributed by atoms with Crippen molar-refractivity contribution in [2.75, 3.05) is 0 Å². The molecule has 2 heteroatoms. The second-order valence-corrected chi connectivity index (χ2v) is 7.31. The van der Waals surface area contributed by atoms with Crippen LogP contribution < -0.4 is 4.46 Å². The van der Waals surface area contributed by atoms with Crippen LogP contribution in [-0.2, 0) is 0 Å². The first-order chi connectivity index (χ1) is 8.24. The molecule has 2 atom stereocenters. The molecule has 1 rings (SSSR count). The summed E-state index contributed by atoms with van der Waals surface area (Å²) in [5.41, 5.74) is 0. The monoisotopic (exact) mass is 300 g/mol. The van der Waals surface area contributed by atoms with Crippen LogP contribution in [0.4, 0.5) is 0 Å². The number of hydrogen-bond acceptors (Lipinski definition) is 1. The summed E-state index contributed by atoms with van der Waals surface area (Å²) in [6, 6.07) is 10.6. The Labute approximate surface area is 112 Å². The van der Waals surface area contributed by atoms with Crippen LogP contribution in [0.1, 0.15) is 46.0 Å². The van der Waals surface area contributed by atoms with Gasteiger partial charge in [-0.05, 0) is 0 Å². The zero-order chi connectivity index (χ0) is 12.5. The molecule has 0 heterocycles. The zero-order valence-electron chi connectivity index (χ0n) is 10.9. The van der Waals surface area contributed by atoms with E-state index in [4.69, 9.17) is 0 Å². The summed E-state index contributed by atoms with van der Waals surface area (Å²) in [5.74, 6) is 0. The van der Waals surface area contributed by atoms with Gasteiger partial charge in [-0.15, -0.1) is 0 Å². The summed E-state index contributed by atoms with van der Waals surface area (Å²) in [5, 5.41) is 9.85. The second kappa shape index (κ2) is 8.74. The average Bonchev–Trinajstić information content (AvgIpc) is 2.34. The van der Waals surface area contributed by atoms with Crippen LogP contribution in [0.5, 0.6) is 0 Å². The number of benzene rings is 1. The molecular weight excluding hydrogens is 275 g/mol. The minimum atomic E-state index is -0.170.